The molecule has 3 rings (SSSR count). The largest absolute Gasteiger partial charge is 0.497 e. The van der Waals surface area contributed by atoms with Crippen molar-refractivity contribution in [3.8, 4) is 5.75 Å². The first-order chi connectivity index (χ1) is 15.0. The summed E-state index contributed by atoms with van der Waals surface area (Å²) in [6.07, 6.45) is 3.62. The van der Waals surface area contributed by atoms with Crippen LogP contribution in [-0.4, -0.2) is 34.1 Å². The Balaban J connectivity index is 1.71. The summed E-state index contributed by atoms with van der Waals surface area (Å²) in [5.74, 6) is 0.793. The number of nitro benzene ring substituents is 1. The van der Waals surface area contributed by atoms with E-state index in [-0.39, 0.29) is 11.7 Å². The zero-order valence-corrected chi connectivity index (χ0v) is 17.2. The number of nitrogens with one attached hydrogen (secondary N) is 1. The Hall–Kier alpha value is -4.07. The molecule has 31 heavy (non-hydrogen) atoms. The van der Waals surface area contributed by atoms with Crippen molar-refractivity contribution in [3.63, 3.8) is 0 Å². The molecule has 0 bridgehead atoms. The number of non-ortho nitro benzene ring substituents is 1. The van der Waals surface area contributed by atoms with Crippen molar-refractivity contribution >= 4 is 17.4 Å². The van der Waals surface area contributed by atoms with Crippen molar-refractivity contribution in [2.24, 2.45) is 0 Å². The maximum atomic E-state index is 12.8. The summed E-state index contributed by atoms with van der Waals surface area (Å²) in [5.41, 5.74) is 2.50. The molecule has 0 aliphatic heterocycles. The number of amides is 2. The van der Waals surface area contributed by atoms with Crippen LogP contribution >= 0.6 is 0 Å². The molecule has 8 nitrogen and oxygen atoms in total. The highest BCUT2D eigenvalue weighted by Gasteiger charge is 2.16. The lowest BCUT2D eigenvalue weighted by Gasteiger charge is -2.23. The minimum absolute atomic E-state index is 0.0312. The highest BCUT2D eigenvalue weighted by atomic mass is 16.6. The molecule has 0 unspecified atom stereocenters. The van der Waals surface area contributed by atoms with Crippen LogP contribution in [0.15, 0.2) is 79.5 Å². The van der Waals surface area contributed by atoms with Gasteiger partial charge in [0.05, 0.1) is 18.6 Å². The van der Waals surface area contributed by atoms with Gasteiger partial charge in [-0.05, 0) is 42.0 Å². The summed E-state index contributed by atoms with van der Waals surface area (Å²) in [7, 11) is 1.64. The van der Waals surface area contributed by atoms with E-state index in [4.69, 9.17) is 4.74 Å². The molecular formula is C23H24N4O4. The lowest BCUT2D eigenvalue weighted by atomic mass is 10.2. The van der Waals surface area contributed by atoms with Crippen molar-refractivity contribution < 1.29 is 14.5 Å². The topological polar surface area (TPSA) is 89.6 Å². The Morgan fingerprint density at radius 2 is 2.00 bits per heavy atom. The van der Waals surface area contributed by atoms with E-state index in [1.165, 1.54) is 24.3 Å². The second kappa shape index (κ2) is 10.1. The number of aromatic nitrogens is 1. The Kier molecular flexibility index (Phi) is 7.05. The fourth-order valence-electron chi connectivity index (χ4n) is 3.15. The highest BCUT2D eigenvalue weighted by molar-refractivity contribution is 5.89. The molecule has 2 aromatic carbocycles. The Labute approximate surface area is 180 Å². The Bertz CT molecular complexity index is 1060. The highest BCUT2D eigenvalue weighted by Crippen LogP contribution is 2.18. The van der Waals surface area contributed by atoms with Crippen LogP contribution in [0.25, 0.3) is 0 Å². The van der Waals surface area contributed by atoms with Gasteiger partial charge in [-0.3, -0.25) is 10.1 Å². The van der Waals surface area contributed by atoms with E-state index in [2.05, 4.69) is 16.5 Å². The standard InChI is InChI=1S/C23H24N4O4/c1-3-13-26(23(28)24-19-9-11-20(12-10-19)27(29)30)17-21-7-5-14-25(21)16-18-6-4-8-22(15-18)31-2/h3-12,14-15H,1,13,16-17H2,2H3,(H,24,28). The number of nitrogens with zero attached hydrogens (tertiary/aromatic N) is 3. The smallest absolute Gasteiger partial charge is 0.322 e. The number of rotatable bonds is 9. The second-order valence-electron chi connectivity index (χ2n) is 6.88. The summed E-state index contributed by atoms with van der Waals surface area (Å²) in [4.78, 5) is 24.7. The fraction of sp³-hybridized carbons (Fsp3) is 0.174. The van der Waals surface area contributed by atoms with Gasteiger partial charge in [0, 0.05) is 42.8 Å². The molecule has 1 N–H and O–H groups in total. The SMILES string of the molecule is C=CCN(Cc1cccn1Cc1cccc(OC)c1)C(=O)Nc1ccc([N+](=O)[O-])cc1. The van der Waals surface area contributed by atoms with E-state index in [9.17, 15) is 14.9 Å². The van der Waals surface area contributed by atoms with Crippen LogP contribution in [0.2, 0.25) is 0 Å². The molecule has 8 heteroatoms. The Morgan fingerprint density at radius 1 is 1.23 bits per heavy atom. The van der Waals surface area contributed by atoms with E-state index in [1.807, 2.05) is 42.6 Å². The monoisotopic (exact) mass is 420 g/mol. The minimum Gasteiger partial charge on any atom is -0.497 e. The number of anilines is 1. The summed E-state index contributed by atoms with van der Waals surface area (Å²) in [6.45, 7) is 5.11. The maximum absolute atomic E-state index is 12.8. The van der Waals surface area contributed by atoms with Crippen LogP contribution in [-0.2, 0) is 13.1 Å². The lowest BCUT2D eigenvalue weighted by Crippen LogP contribution is -2.35. The van der Waals surface area contributed by atoms with E-state index in [1.54, 1.807) is 18.1 Å². The molecule has 2 amide bonds. The number of carbonyl (C=O) groups excluding carboxylic acids is 1. The quantitative estimate of drug-likeness (QED) is 0.309. The van der Waals surface area contributed by atoms with Crippen molar-refractivity contribution in [2.45, 2.75) is 13.1 Å². The molecule has 0 radical (unpaired) electrons. The van der Waals surface area contributed by atoms with Crippen molar-refractivity contribution in [2.75, 3.05) is 19.0 Å². The van der Waals surface area contributed by atoms with Gasteiger partial charge in [-0.15, -0.1) is 6.58 Å². The van der Waals surface area contributed by atoms with Crippen LogP contribution in [0, 0.1) is 10.1 Å². The van der Waals surface area contributed by atoms with Crippen molar-refractivity contribution in [1.82, 2.24) is 9.47 Å². The molecule has 1 aromatic heterocycles. The Morgan fingerprint density at radius 3 is 2.68 bits per heavy atom. The second-order valence-corrected chi connectivity index (χ2v) is 6.88. The number of methoxy groups -OCH3 is 1. The fourth-order valence-corrected chi connectivity index (χ4v) is 3.15. The first-order valence-corrected chi connectivity index (χ1v) is 9.68. The van der Waals surface area contributed by atoms with E-state index in [0.29, 0.717) is 25.3 Å². The van der Waals surface area contributed by atoms with Gasteiger partial charge in [0.1, 0.15) is 5.75 Å². The number of ether oxygens (including phenoxy) is 1. The normalized spacial score (nSPS) is 10.4. The predicted octanol–water partition coefficient (Wildman–Crippen LogP) is 4.67. The molecular weight excluding hydrogens is 396 g/mol. The van der Waals surface area contributed by atoms with Gasteiger partial charge >= 0.3 is 6.03 Å². The maximum Gasteiger partial charge on any atom is 0.322 e. The number of hydrogen-bond donors (Lipinski definition) is 1. The molecule has 3 aromatic rings. The molecule has 0 spiro atoms. The lowest BCUT2D eigenvalue weighted by molar-refractivity contribution is -0.384. The van der Waals surface area contributed by atoms with E-state index >= 15 is 0 Å². The average molecular weight is 420 g/mol. The van der Waals surface area contributed by atoms with Crippen LogP contribution in [0.5, 0.6) is 5.75 Å². The molecule has 0 saturated heterocycles. The number of nitro groups is 1. The van der Waals surface area contributed by atoms with Gasteiger partial charge in [0.15, 0.2) is 0 Å². The molecule has 160 valence electrons. The molecule has 0 saturated carbocycles. The van der Waals surface area contributed by atoms with Gasteiger partial charge in [0.2, 0.25) is 0 Å². The molecule has 0 fully saturated rings. The molecule has 0 aliphatic rings. The first-order valence-electron chi connectivity index (χ1n) is 9.68. The van der Waals surface area contributed by atoms with Crippen LogP contribution in [0.4, 0.5) is 16.2 Å². The van der Waals surface area contributed by atoms with Gasteiger partial charge in [-0.2, -0.15) is 0 Å². The molecule has 0 atom stereocenters. The number of carbonyl (C=O) groups is 1. The third-order valence-corrected chi connectivity index (χ3v) is 4.73. The van der Waals surface area contributed by atoms with Crippen LogP contribution in [0.1, 0.15) is 11.3 Å². The molecule has 1 heterocycles. The number of hydrogen-bond acceptors (Lipinski definition) is 4. The zero-order chi connectivity index (χ0) is 22.2. The summed E-state index contributed by atoms with van der Waals surface area (Å²) in [6, 6.07) is 17.2. The van der Waals surface area contributed by atoms with Gasteiger partial charge < -0.3 is 19.5 Å². The van der Waals surface area contributed by atoms with Crippen molar-refractivity contribution in [1.29, 1.82) is 0 Å². The molecule has 0 aliphatic carbocycles. The summed E-state index contributed by atoms with van der Waals surface area (Å²) >= 11 is 0. The van der Waals surface area contributed by atoms with Crippen molar-refractivity contribution in [3.05, 3.63) is 101 Å². The minimum atomic E-state index is -0.480. The third kappa shape index (κ3) is 5.72. The van der Waals surface area contributed by atoms with Gasteiger partial charge in [0.25, 0.3) is 5.69 Å². The predicted molar refractivity (Wildman–Crippen MR) is 119 cm³/mol. The van der Waals surface area contributed by atoms with Crippen LogP contribution in [0.3, 0.4) is 0 Å². The van der Waals surface area contributed by atoms with Crippen LogP contribution < -0.4 is 10.1 Å². The van der Waals surface area contributed by atoms with Gasteiger partial charge in [-0.25, -0.2) is 4.79 Å². The number of benzene rings is 2. The number of urea groups is 1. The zero-order valence-electron chi connectivity index (χ0n) is 17.2. The summed E-state index contributed by atoms with van der Waals surface area (Å²) in [5, 5.41) is 13.6. The third-order valence-electron chi connectivity index (χ3n) is 4.73. The van der Waals surface area contributed by atoms with E-state index in [0.717, 1.165) is 17.0 Å². The van der Waals surface area contributed by atoms with E-state index < -0.39 is 4.92 Å². The average Bonchev–Trinajstić information content (AvgIpc) is 3.20. The summed E-state index contributed by atoms with van der Waals surface area (Å²) < 4.78 is 7.36. The first kappa shape index (κ1) is 21.6. The van der Waals surface area contributed by atoms with Gasteiger partial charge in [-0.1, -0.05) is 18.2 Å².